The van der Waals surface area contributed by atoms with E-state index in [9.17, 15) is 9.59 Å². The van der Waals surface area contributed by atoms with Gasteiger partial charge in [-0.15, -0.1) is 0 Å². The average Bonchev–Trinajstić information content (AvgIpc) is 2.76. The summed E-state index contributed by atoms with van der Waals surface area (Å²) < 4.78 is 5.42. The van der Waals surface area contributed by atoms with Crippen molar-refractivity contribution < 1.29 is 14.0 Å². The Balaban J connectivity index is 1.90. The number of nitrogens with zero attached hydrogens (tertiary/aromatic N) is 1. The van der Waals surface area contributed by atoms with Crippen LogP contribution in [0.2, 0.25) is 0 Å². The number of carbonyl (C=O) groups is 2. The van der Waals surface area contributed by atoms with Crippen LogP contribution in [0.4, 0.5) is 0 Å². The van der Waals surface area contributed by atoms with Crippen LogP contribution in [0.1, 0.15) is 0 Å². The highest BCUT2D eigenvalue weighted by atomic mass is 32.2. The molecule has 1 aromatic carbocycles. The molecule has 1 aromatic heterocycles. The summed E-state index contributed by atoms with van der Waals surface area (Å²) >= 11 is 1.16. The number of hydrogen-bond donors (Lipinski definition) is 2. The van der Waals surface area contributed by atoms with Crippen LogP contribution in [0.3, 0.4) is 0 Å². The van der Waals surface area contributed by atoms with Crippen molar-refractivity contribution >= 4 is 34.7 Å². The van der Waals surface area contributed by atoms with Gasteiger partial charge >= 0.3 is 0 Å². The molecule has 0 saturated heterocycles. The van der Waals surface area contributed by atoms with Gasteiger partial charge in [0.2, 0.25) is 11.8 Å². The van der Waals surface area contributed by atoms with E-state index in [1.807, 2.05) is 18.2 Å². The molecule has 0 fully saturated rings. The predicted molar refractivity (Wildman–Crippen MR) is 66.9 cm³/mol. The zero-order valence-corrected chi connectivity index (χ0v) is 10.2. The summed E-state index contributed by atoms with van der Waals surface area (Å²) in [5, 5.41) is 2.80. The molecule has 0 atom stereocenters. The summed E-state index contributed by atoms with van der Waals surface area (Å²) in [5.74, 6) is -0.739. The number of rotatable bonds is 5. The quantitative estimate of drug-likeness (QED) is 0.768. The van der Waals surface area contributed by atoms with Gasteiger partial charge in [-0.3, -0.25) is 9.59 Å². The maximum absolute atomic E-state index is 11.3. The van der Waals surface area contributed by atoms with E-state index in [1.54, 1.807) is 6.07 Å². The fourth-order valence-corrected chi connectivity index (χ4v) is 1.95. The highest BCUT2D eigenvalue weighted by Crippen LogP contribution is 2.22. The van der Waals surface area contributed by atoms with Crippen molar-refractivity contribution in [1.29, 1.82) is 0 Å². The van der Waals surface area contributed by atoms with Gasteiger partial charge in [0.1, 0.15) is 5.52 Å². The van der Waals surface area contributed by atoms with E-state index >= 15 is 0 Å². The molecular formula is C11H11N3O3S. The van der Waals surface area contributed by atoms with Crippen LogP contribution >= 0.6 is 11.8 Å². The third-order valence-electron chi connectivity index (χ3n) is 2.06. The van der Waals surface area contributed by atoms with Crippen molar-refractivity contribution in [3.63, 3.8) is 0 Å². The lowest BCUT2D eigenvalue weighted by atomic mass is 10.3. The van der Waals surface area contributed by atoms with Gasteiger partial charge in [-0.25, -0.2) is 4.98 Å². The summed E-state index contributed by atoms with van der Waals surface area (Å²) in [7, 11) is 0. The first-order valence-corrected chi connectivity index (χ1v) is 6.17. The first-order chi connectivity index (χ1) is 8.65. The minimum atomic E-state index is -0.574. The van der Waals surface area contributed by atoms with Gasteiger partial charge in [0, 0.05) is 0 Å². The number of oxazole rings is 1. The van der Waals surface area contributed by atoms with Crippen molar-refractivity contribution in [1.82, 2.24) is 10.3 Å². The monoisotopic (exact) mass is 265 g/mol. The third kappa shape index (κ3) is 3.24. The number of primary amides is 1. The van der Waals surface area contributed by atoms with Crippen molar-refractivity contribution in [3.05, 3.63) is 24.3 Å². The molecule has 0 unspecified atom stereocenters. The number of para-hydroxylation sites is 2. The van der Waals surface area contributed by atoms with E-state index < -0.39 is 5.91 Å². The van der Waals surface area contributed by atoms with Crippen LogP contribution in [-0.4, -0.2) is 29.1 Å². The Morgan fingerprint density at radius 3 is 2.89 bits per heavy atom. The second-order valence-corrected chi connectivity index (χ2v) is 4.41. The second kappa shape index (κ2) is 5.54. The largest absolute Gasteiger partial charge is 0.431 e. The molecule has 94 valence electrons. The van der Waals surface area contributed by atoms with Gasteiger partial charge in [-0.2, -0.15) is 0 Å². The second-order valence-electron chi connectivity index (χ2n) is 3.48. The number of nitrogens with one attached hydrogen (secondary N) is 1. The molecule has 0 spiro atoms. The van der Waals surface area contributed by atoms with Crippen LogP contribution in [-0.2, 0) is 9.59 Å². The number of fused-ring (bicyclic) bond motifs is 1. The Kier molecular flexibility index (Phi) is 3.83. The summed E-state index contributed by atoms with van der Waals surface area (Å²) in [6.07, 6.45) is 0. The molecule has 0 aliphatic carbocycles. The zero-order valence-electron chi connectivity index (χ0n) is 9.38. The summed E-state index contributed by atoms with van der Waals surface area (Å²) in [6, 6.07) is 7.34. The lowest BCUT2D eigenvalue weighted by Gasteiger charge is -1.99. The predicted octanol–water partition coefficient (Wildman–Crippen LogP) is 0.521. The molecule has 0 aliphatic rings. The number of benzene rings is 1. The Bertz CT molecular complexity index is 549. The first-order valence-electron chi connectivity index (χ1n) is 5.18. The van der Waals surface area contributed by atoms with E-state index in [1.165, 1.54) is 0 Å². The smallest absolute Gasteiger partial charge is 0.257 e. The molecule has 7 heteroatoms. The number of thioether (sulfide) groups is 1. The van der Waals surface area contributed by atoms with Crippen molar-refractivity contribution in [2.24, 2.45) is 5.73 Å². The highest BCUT2D eigenvalue weighted by molar-refractivity contribution is 7.99. The first kappa shape index (κ1) is 12.4. The van der Waals surface area contributed by atoms with Crippen LogP contribution in [0, 0.1) is 0 Å². The number of carbonyl (C=O) groups excluding carboxylic acids is 2. The van der Waals surface area contributed by atoms with Crippen molar-refractivity contribution in [2.45, 2.75) is 5.22 Å². The van der Waals surface area contributed by atoms with Gasteiger partial charge in [-0.1, -0.05) is 23.9 Å². The Hall–Kier alpha value is -2.02. The fourth-order valence-electron chi connectivity index (χ4n) is 1.28. The Morgan fingerprint density at radius 1 is 1.39 bits per heavy atom. The van der Waals surface area contributed by atoms with Crippen molar-refractivity contribution in [2.75, 3.05) is 12.3 Å². The zero-order chi connectivity index (χ0) is 13.0. The average molecular weight is 265 g/mol. The van der Waals surface area contributed by atoms with E-state index in [-0.39, 0.29) is 18.2 Å². The molecule has 0 aliphatic heterocycles. The fraction of sp³-hybridized carbons (Fsp3) is 0.182. The molecule has 0 radical (unpaired) electrons. The third-order valence-corrected chi connectivity index (χ3v) is 2.89. The number of amides is 2. The summed E-state index contributed by atoms with van der Waals surface area (Å²) in [5.41, 5.74) is 6.33. The molecule has 3 N–H and O–H groups in total. The minimum absolute atomic E-state index is 0.125. The topological polar surface area (TPSA) is 98.2 Å². The maximum Gasteiger partial charge on any atom is 0.257 e. The normalized spacial score (nSPS) is 10.4. The Labute approximate surface area is 107 Å². The van der Waals surface area contributed by atoms with Crippen LogP contribution in [0.15, 0.2) is 33.9 Å². The molecule has 0 saturated carbocycles. The van der Waals surface area contributed by atoms with Gasteiger partial charge in [0.05, 0.1) is 12.3 Å². The van der Waals surface area contributed by atoms with Crippen LogP contribution < -0.4 is 11.1 Å². The lowest BCUT2D eigenvalue weighted by Crippen LogP contribution is -2.34. The Morgan fingerprint density at radius 2 is 2.17 bits per heavy atom. The molecular weight excluding hydrogens is 254 g/mol. The number of nitrogens with two attached hydrogens (primary N) is 1. The standard InChI is InChI=1S/C11H11N3O3S/c12-9(15)5-13-10(16)6-18-11-14-7-3-1-2-4-8(7)17-11/h1-4H,5-6H2,(H2,12,15)(H,13,16). The molecule has 2 amide bonds. The van der Waals surface area contributed by atoms with E-state index in [4.69, 9.17) is 10.2 Å². The van der Waals surface area contributed by atoms with E-state index in [0.29, 0.717) is 10.8 Å². The molecule has 2 aromatic rings. The van der Waals surface area contributed by atoms with Gasteiger partial charge in [0.25, 0.3) is 5.22 Å². The molecule has 1 heterocycles. The SMILES string of the molecule is NC(=O)CNC(=O)CSc1nc2ccccc2o1. The molecule has 0 bridgehead atoms. The van der Waals surface area contributed by atoms with Gasteiger partial charge in [0.15, 0.2) is 5.58 Å². The van der Waals surface area contributed by atoms with E-state index in [0.717, 1.165) is 17.3 Å². The van der Waals surface area contributed by atoms with Crippen LogP contribution in [0.5, 0.6) is 0 Å². The number of hydrogen-bond acceptors (Lipinski definition) is 5. The summed E-state index contributed by atoms with van der Waals surface area (Å²) in [4.78, 5) is 26.0. The molecule has 6 nitrogen and oxygen atoms in total. The van der Waals surface area contributed by atoms with E-state index in [2.05, 4.69) is 10.3 Å². The van der Waals surface area contributed by atoms with Gasteiger partial charge < -0.3 is 15.5 Å². The summed E-state index contributed by atoms with van der Waals surface area (Å²) in [6.45, 7) is -0.160. The molecule has 18 heavy (non-hydrogen) atoms. The van der Waals surface area contributed by atoms with Gasteiger partial charge in [-0.05, 0) is 12.1 Å². The maximum atomic E-state index is 11.3. The van der Waals surface area contributed by atoms with Crippen LogP contribution in [0.25, 0.3) is 11.1 Å². The minimum Gasteiger partial charge on any atom is -0.431 e. The lowest BCUT2D eigenvalue weighted by molar-refractivity contribution is -0.123. The van der Waals surface area contributed by atoms with Crippen molar-refractivity contribution in [3.8, 4) is 0 Å². The highest BCUT2D eigenvalue weighted by Gasteiger charge is 2.09. The molecule has 2 rings (SSSR count). The number of aromatic nitrogens is 1.